The molecule has 0 bridgehead atoms. The summed E-state index contributed by atoms with van der Waals surface area (Å²) in [5, 5.41) is 0. The van der Waals surface area contributed by atoms with Crippen molar-refractivity contribution in [2.75, 3.05) is 4.72 Å². The summed E-state index contributed by atoms with van der Waals surface area (Å²) >= 11 is 0. The Hall–Kier alpha value is -2.07. The van der Waals surface area contributed by atoms with E-state index in [1.165, 1.54) is 0 Å². The minimum absolute atomic E-state index is 0.250. The lowest BCUT2D eigenvalue weighted by molar-refractivity contribution is 0.601. The van der Waals surface area contributed by atoms with E-state index in [-0.39, 0.29) is 4.90 Å². The van der Waals surface area contributed by atoms with Crippen LogP contribution in [0.25, 0.3) is 6.08 Å². The quantitative estimate of drug-likeness (QED) is 0.931. The number of sulfonamides is 1. The molecule has 0 aliphatic carbocycles. The maximum atomic E-state index is 12.3. The summed E-state index contributed by atoms with van der Waals surface area (Å²) in [6.45, 7) is 7.57. The zero-order valence-electron chi connectivity index (χ0n) is 11.6. The Bertz CT molecular complexity index is 732. The molecule has 2 aromatic carbocycles. The first-order valence-corrected chi connectivity index (χ1v) is 7.74. The Morgan fingerprint density at radius 2 is 1.70 bits per heavy atom. The number of hydrogen-bond acceptors (Lipinski definition) is 2. The van der Waals surface area contributed by atoms with Gasteiger partial charge in [0.15, 0.2) is 0 Å². The highest BCUT2D eigenvalue weighted by Gasteiger charge is 2.15. The predicted octanol–water partition coefficient (Wildman–Crippen LogP) is 3.75. The van der Waals surface area contributed by atoms with E-state index in [2.05, 4.69) is 11.3 Å². The topological polar surface area (TPSA) is 46.2 Å². The summed E-state index contributed by atoms with van der Waals surface area (Å²) in [4.78, 5) is 0.250. The third-order valence-corrected chi connectivity index (χ3v) is 4.49. The molecule has 2 aromatic rings. The molecular formula is C16H17NO2S. The van der Waals surface area contributed by atoms with Crippen LogP contribution in [-0.2, 0) is 10.0 Å². The van der Waals surface area contributed by atoms with Crippen molar-refractivity contribution in [3.63, 3.8) is 0 Å². The highest BCUT2D eigenvalue weighted by molar-refractivity contribution is 7.92. The van der Waals surface area contributed by atoms with Crippen LogP contribution in [0.3, 0.4) is 0 Å². The van der Waals surface area contributed by atoms with Crippen molar-refractivity contribution in [1.29, 1.82) is 0 Å². The molecule has 0 saturated carbocycles. The van der Waals surface area contributed by atoms with Crippen molar-refractivity contribution < 1.29 is 8.42 Å². The van der Waals surface area contributed by atoms with Crippen LogP contribution in [0, 0.1) is 13.8 Å². The summed E-state index contributed by atoms with van der Waals surface area (Å²) in [5.41, 5.74) is 3.33. The first kappa shape index (κ1) is 14.3. The largest absolute Gasteiger partial charge is 0.279 e. The monoisotopic (exact) mass is 287 g/mol. The second-order valence-electron chi connectivity index (χ2n) is 4.66. The highest BCUT2D eigenvalue weighted by Crippen LogP contribution is 2.24. The molecule has 0 unspecified atom stereocenters. The lowest BCUT2D eigenvalue weighted by Crippen LogP contribution is -2.14. The normalized spacial score (nSPS) is 11.1. The van der Waals surface area contributed by atoms with Gasteiger partial charge in [-0.1, -0.05) is 42.5 Å². The molecule has 0 heterocycles. The minimum Gasteiger partial charge on any atom is -0.279 e. The zero-order chi connectivity index (χ0) is 14.8. The smallest absolute Gasteiger partial charge is 0.261 e. The van der Waals surface area contributed by atoms with Gasteiger partial charge in [0.25, 0.3) is 10.0 Å². The van der Waals surface area contributed by atoms with Gasteiger partial charge in [-0.2, -0.15) is 0 Å². The van der Waals surface area contributed by atoms with E-state index in [0.29, 0.717) is 5.69 Å². The van der Waals surface area contributed by atoms with Crippen LogP contribution in [0.4, 0.5) is 5.69 Å². The van der Waals surface area contributed by atoms with Gasteiger partial charge in [0, 0.05) is 5.56 Å². The zero-order valence-corrected chi connectivity index (χ0v) is 12.4. The van der Waals surface area contributed by atoms with Gasteiger partial charge in [-0.3, -0.25) is 4.72 Å². The fraction of sp³-hybridized carbons (Fsp3) is 0.125. The van der Waals surface area contributed by atoms with Gasteiger partial charge >= 0.3 is 0 Å². The van der Waals surface area contributed by atoms with Crippen LogP contribution in [0.2, 0.25) is 0 Å². The van der Waals surface area contributed by atoms with Crippen molar-refractivity contribution in [2.24, 2.45) is 0 Å². The van der Waals surface area contributed by atoms with Crippen molar-refractivity contribution in [2.45, 2.75) is 18.7 Å². The SMILES string of the molecule is C=Cc1c(C)cccc1NS(=O)(=O)c1ccc(C)cc1. The summed E-state index contributed by atoms with van der Waals surface area (Å²) in [6, 6.07) is 12.2. The molecule has 0 aromatic heterocycles. The Morgan fingerprint density at radius 1 is 1.05 bits per heavy atom. The summed E-state index contributed by atoms with van der Waals surface area (Å²) < 4.78 is 27.3. The van der Waals surface area contributed by atoms with Gasteiger partial charge in [0.2, 0.25) is 0 Å². The first-order valence-electron chi connectivity index (χ1n) is 6.25. The number of benzene rings is 2. The molecule has 0 aliphatic rings. The van der Waals surface area contributed by atoms with E-state index in [4.69, 9.17) is 0 Å². The van der Waals surface area contributed by atoms with E-state index in [1.807, 2.05) is 26.0 Å². The fourth-order valence-corrected chi connectivity index (χ4v) is 3.04. The van der Waals surface area contributed by atoms with Gasteiger partial charge in [-0.15, -0.1) is 0 Å². The Balaban J connectivity index is 2.41. The number of anilines is 1. The number of nitrogens with one attached hydrogen (secondary N) is 1. The summed E-state index contributed by atoms with van der Waals surface area (Å²) in [5.74, 6) is 0. The molecular weight excluding hydrogens is 270 g/mol. The van der Waals surface area contributed by atoms with Gasteiger partial charge < -0.3 is 0 Å². The molecule has 0 atom stereocenters. The number of aryl methyl sites for hydroxylation is 2. The van der Waals surface area contributed by atoms with Crippen molar-refractivity contribution in [3.8, 4) is 0 Å². The average molecular weight is 287 g/mol. The number of rotatable bonds is 4. The fourth-order valence-electron chi connectivity index (χ4n) is 1.96. The molecule has 0 fully saturated rings. The van der Waals surface area contributed by atoms with E-state index in [9.17, 15) is 8.42 Å². The molecule has 0 aliphatic heterocycles. The second kappa shape index (κ2) is 5.51. The van der Waals surface area contributed by atoms with Crippen molar-refractivity contribution in [1.82, 2.24) is 0 Å². The van der Waals surface area contributed by atoms with Gasteiger partial charge in [-0.25, -0.2) is 8.42 Å². The van der Waals surface area contributed by atoms with E-state index in [1.54, 1.807) is 36.4 Å². The lowest BCUT2D eigenvalue weighted by Gasteiger charge is -2.12. The van der Waals surface area contributed by atoms with E-state index < -0.39 is 10.0 Å². The molecule has 0 amide bonds. The molecule has 20 heavy (non-hydrogen) atoms. The molecule has 4 heteroatoms. The Kier molecular flexibility index (Phi) is 3.95. The third kappa shape index (κ3) is 2.91. The maximum Gasteiger partial charge on any atom is 0.261 e. The van der Waals surface area contributed by atoms with Gasteiger partial charge in [-0.05, 0) is 37.6 Å². The molecule has 2 rings (SSSR count). The second-order valence-corrected chi connectivity index (χ2v) is 6.34. The average Bonchev–Trinajstić information content (AvgIpc) is 2.39. The first-order chi connectivity index (χ1) is 9.44. The predicted molar refractivity (Wildman–Crippen MR) is 83.3 cm³/mol. The molecule has 3 nitrogen and oxygen atoms in total. The van der Waals surface area contributed by atoms with Crippen LogP contribution < -0.4 is 4.72 Å². The van der Waals surface area contributed by atoms with Gasteiger partial charge in [0.1, 0.15) is 0 Å². The summed E-state index contributed by atoms with van der Waals surface area (Å²) in [7, 11) is -3.58. The van der Waals surface area contributed by atoms with E-state index in [0.717, 1.165) is 16.7 Å². The van der Waals surface area contributed by atoms with E-state index >= 15 is 0 Å². The van der Waals surface area contributed by atoms with Crippen LogP contribution in [0.5, 0.6) is 0 Å². The lowest BCUT2D eigenvalue weighted by atomic mass is 10.1. The van der Waals surface area contributed by atoms with Crippen LogP contribution in [0.15, 0.2) is 53.9 Å². The van der Waals surface area contributed by atoms with Crippen LogP contribution >= 0.6 is 0 Å². The molecule has 1 N–H and O–H groups in total. The minimum atomic E-state index is -3.58. The van der Waals surface area contributed by atoms with Crippen molar-refractivity contribution >= 4 is 21.8 Å². The molecule has 104 valence electrons. The molecule has 0 saturated heterocycles. The molecule has 0 radical (unpaired) electrons. The highest BCUT2D eigenvalue weighted by atomic mass is 32.2. The van der Waals surface area contributed by atoms with Crippen LogP contribution in [0.1, 0.15) is 16.7 Å². The Morgan fingerprint density at radius 3 is 2.30 bits per heavy atom. The van der Waals surface area contributed by atoms with Crippen LogP contribution in [-0.4, -0.2) is 8.42 Å². The van der Waals surface area contributed by atoms with Gasteiger partial charge in [0.05, 0.1) is 10.6 Å². The Labute approximate surface area is 120 Å². The maximum absolute atomic E-state index is 12.3. The summed E-state index contributed by atoms with van der Waals surface area (Å²) in [6.07, 6.45) is 1.66. The number of hydrogen-bond donors (Lipinski definition) is 1. The molecule has 0 spiro atoms. The standard InChI is InChI=1S/C16H17NO2S/c1-4-15-13(3)6-5-7-16(15)17-20(18,19)14-10-8-12(2)9-11-14/h4-11,17H,1H2,2-3H3. The third-order valence-electron chi connectivity index (χ3n) is 3.10. The van der Waals surface area contributed by atoms with Crippen molar-refractivity contribution in [3.05, 3.63) is 65.7 Å².